The molecule has 0 spiro atoms. The molecule has 0 aliphatic carbocycles. The second-order valence-electron chi connectivity index (χ2n) is 8.27. The van der Waals surface area contributed by atoms with E-state index >= 15 is 0 Å². The van der Waals surface area contributed by atoms with Crippen molar-refractivity contribution >= 4 is 29.1 Å². The Morgan fingerprint density at radius 2 is 1.13 bits per heavy atom. The third-order valence-electron chi connectivity index (χ3n) is 5.50. The minimum atomic E-state index is -0.410. The molecular formula is C30H27N3O4S. The van der Waals surface area contributed by atoms with E-state index in [2.05, 4.69) is 28.3 Å². The standard InChI is InChI=1S/C30H27N3O4S/c34-28(24-11-15-26(16-12-24)36-20-19-22-7-3-1-4-8-22)31-30(38)33-32-29(35)25-13-17-27(18-14-25)37-21-23-9-5-2-6-10-23/h1-18H,19-21H2,(H,32,35)(H2,31,33,34,38). The summed E-state index contributed by atoms with van der Waals surface area (Å²) < 4.78 is 11.5. The van der Waals surface area contributed by atoms with Crippen LogP contribution in [0.15, 0.2) is 109 Å². The van der Waals surface area contributed by atoms with Gasteiger partial charge in [-0.1, -0.05) is 60.7 Å². The van der Waals surface area contributed by atoms with Gasteiger partial charge in [0.2, 0.25) is 0 Å². The van der Waals surface area contributed by atoms with E-state index in [9.17, 15) is 9.59 Å². The third-order valence-corrected chi connectivity index (χ3v) is 5.70. The number of thiocarbonyl (C=S) groups is 1. The minimum Gasteiger partial charge on any atom is -0.493 e. The molecule has 38 heavy (non-hydrogen) atoms. The predicted octanol–water partition coefficient (Wildman–Crippen LogP) is 4.84. The highest BCUT2D eigenvalue weighted by Crippen LogP contribution is 2.15. The molecule has 4 aromatic carbocycles. The van der Waals surface area contributed by atoms with E-state index in [4.69, 9.17) is 21.7 Å². The summed E-state index contributed by atoms with van der Waals surface area (Å²) in [5.41, 5.74) is 8.07. The molecule has 8 heteroatoms. The minimum absolute atomic E-state index is 0.0330. The zero-order valence-electron chi connectivity index (χ0n) is 20.6. The highest BCUT2D eigenvalue weighted by molar-refractivity contribution is 7.80. The van der Waals surface area contributed by atoms with Gasteiger partial charge in [-0.25, -0.2) is 0 Å². The highest BCUT2D eigenvalue weighted by atomic mass is 32.1. The van der Waals surface area contributed by atoms with E-state index in [1.54, 1.807) is 48.5 Å². The van der Waals surface area contributed by atoms with Crippen LogP contribution < -0.4 is 25.6 Å². The number of benzene rings is 4. The van der Waals surface area contributed by atoms with Gasteiger partial charge in [-0.2, -0.15) is 0 Å². The Hall–Kier alpha value is -4.69. The molecule has 0 aliphatic heterocycles. The molecule has 3 N–H and O–H groups in total. The Labute approximate surface area is 226 Å². The maximum Gasteiger partial charge on any atom is 0.269 e. The molecule has 0 heterocycles. The summed E-state index contributed by atoms with van der Waals surface area (Å²) in [5, 5.41) is 2.50. The Kier molecular flexibility index (Phi) is 9.42. The van der Waals surface area contributed by atoms with Crippen molar-refractivity contribution in [3.63, 3.8) is 0 Å². The molecule has 0 fully saturated rings. The zero-order valence-corrected chi connectivity index (χ0v) is 21.4. The van der Waals surface area contributed by atoms with Crippen LogP contribution >= 0.6 is 12.2 Å². The van der Waals surface area contributed by atoms with Gasteiger partial charge in [0.1, 0.15) is 18.1 Å². The fourth-order valence-electron chi connectivity index (χ4n) is 3.47. The summed E-state index contributed by atoms with van der Waals surface area (Å²) in [5.74, 6) is 0.497. The summed E-state index contributed by atoms with van der Waals surface area (Å²) in [6, 6.07) is 33.3. The van der Waals surface area contributed by atoms with Crippen LogP contribution in [0.25, 0.3) is 0 Å². The number of ether oxygens (including phenoxy) is 2. The van der Waals surface area contributed by atoms with Gasteiger partial charge in [-0.3, -0.25) is 25.8 Å². The summed E-state index contributed by atoms with van der Waals surface area (Å²) >= 11 is 5.13. The third kappa shape index (κ3) is 8.18. The van der Waals surface area contributed by atoms with Gasteiger partial charge in [0.25, 0.3) is 11.8 Å². The summed E-state index contributed by atoms with van der Waals surface area (Å²) in [6.07, 6.45) is 0.793. The van der Waals surface area contributed by atoms with Crippen molar-refractivity contribution < 1.29 is 19.1 Å². The van der Waals surface area contributed by atoms with Gasteiger partial charge in [0.05, 0.1) is 6.61 Å². The van der Waals surface area contributed by atoms with Crippen LogP contribution in [-0.4, -0.2) is 23.5 Å². The number of hydrogen-bond acceptors (Lipinski definition) is 5. The highest BCUT2D eigenvalue weighted by Gasteiger charge is 2.10. The molecule has 0 saturated heterocycles. The number of carbonyl (C=O) groups excluding carboxylic acids is 2. The smallest absolute Gasteiger partial charge is 0.269 e. The number of carbonyl (C=O) groups is 2. The van der Waals surface area contributed by atoms with Crippen LogP contribution in [0.3, 0.4) is 0 Å². The van der Waals surface area contributed by atoms with Crippen LogP contribution in [0, 0.1) is 0 Å². The molecule has 0 atom stereocenters. The second-order valence-corrected chi connectivity index (χ2v) is 8.68. The van der Waals surface area contributed by atoms with Crippen molar-refractivity contribution in [1.29, 1.82) is 0 Å². The lowest BCUT2D eigenvalue weighted by Crippen LogP contribution is -2.48. The van der Waals surface area contributed by atoms with Gasteiger partial charge in [-0.15, -0.1) is 0 Å². The SMILES string of the molecule is O=C(NNC(=S)NC(=O)c1ccc(OCCc2ccccc2)cc1)c1ccc(OCc2ccccc2)cc1. The van der Waals surface area contributed by atoms with E-state index in [0.29, 0.717) is 35.8 Å². The maximum atomic E-state index is 12.5. The first-order valence-corrected chi connectivity index (χ1v) is 12.4. The van der Waals surface area contributed by atoms with E-state index in [1.165, 1.54) is 5.56 Å². The van der Waals surface area contributed by atoms with Crippen molar-refractivity contribution in [1.82, 2.24) is 16.2 Å². The van der Waals surface area contributed by atoms with Crippen molar-refractivity contribution in [3.05, 3.63) is 131 Å². The first-order valence-electron chi connectivity index (χ1n) is 12.0. The van der Waals surface area contributed by atoms with E-state index in [1.807, 2.05) is 48.5 Å². The van der Waals surface area contributed by atoms with Crippen LogP contribution in [0.2, 0.25) is 0 Å². The molecule has 0 bridgehead atoms. The monoisotopic (exact) mass is 525 g/mol. The maximum absolute atomic E-state index is 12.5. The number of hydrogen-bond donors (Lipinski definition) is 3. The summed E-state index contributed by atoms with van der Waals surface area (Å²) in [7, 11) is 0. The van der Waals surface area contributed by atoms with Crippen LogP contribution in [-0.2, 0) is 13.0 Å². The first kappa shape index (κ1) is 26.4. The van der Waals surface area contributed by atoms with Crippen molar-refractivity contribution in [2.24, 2.45) is 0 Å². The molecule has 0 aliphatic rings. The molecule has 4 aromatic rings. The Balaban J connectivity index is 1.17. The van der Waals surface area contributed by atoms with Crippen molar-refractivity contribution in [3.8, 4) is 11.5 Å². The predicted molar refractivity (Wildman–Crippen MR) is 150 cm³/mol. The molecule has 2 amide bonds. The lowest BCUT2D eigenvalue weighted by molar-refractivity contribution is 0.0934. The Morgan fingerprint density at radius 3 is 1.74 bits per heavy atom. The van der Waals surface area contributed by atoms with Crippen LogP contribution in [0.4, 0.5) is 0 Å². The molecule has 0 aromatic heterocycles. The molecule has 0 unspecified atom stereocenters. The van der Waals surface area contributed by atoms with E-state index in [0.717, 1.165) is 12.0 Å². The number of hydrazine groups is 1. The van der Waals surface area contributed by atoms with Gasteiger partial charge < -0.3 is 9.47 Å². The number of nitrogens with one attached hydrogen (secondary N) is 3. The topological polar surface area (TPSA) is 88.7 Å². The normalized spacial score (nSPS) is 10.2. The van der Waals surface area contributed by atoms with Gasteiger partial charge in [0.15, 0.2) is 5.11 Å². The summed E-state index contributed by atoms with van der Waals surface area (Å²) in [4.78, 5) is 24.9. The number of rotatable bonds is 9. The summed E-state index contributed by atoms with van der Waals surface area (Å²) in [6.45, 7) is 0.971. The van der Waals surface area contributed by atoms with Gasteiger partial charge in [-0.05, 0) is 71.9 Å². The molecule has 0 radical (unpaired) electrons. The molecule has 192 valence electrons. The average Bonchev–Trinajstić information content (AvgIpc) is 2.96. The van der Waals surface area contributed by atoms with Gasteiger partial charge >= 0.3 is 0 Å². The fraction of sp³-hybridized carbons (Fsp3) is 0.100. The Bertz CT molecular complexity index is 1350. The lowest BCUT2D eigenvalue weighted by Gasteiger charge is -2.12. The van der Waals surface area contributed by atoms with E-state index < -0.39 is 11.8 Å². The molecule has 7 nitrogen and oxygen atoms in total. The van der Waals surface area contributed by atoms with Crippen molar-refractivity contribution in [2.75, 3.05) is 6.61 Å². The molecule has 0 saturated carbocycles. The largest absolute Gasteiger partial charge is 0.493 e. The second kappa shape index (κ2) is 13.6. The molecular weight excluding hydrogens is 498 g/mol. The van der Waals surface area contributed by atoms with Crippen LogP contribution in [0.5, 0.6) is 11.5 Å². The first-order chi connectivity index (χ1) is 18.6. The average molecular weight is 526 g/mol. The quantitative estimate of drug-likeness (QED) is 0.214. The zero-order chi connectivity index (χ0) is 26.6. The lowest BCUT2D eigenvalue weighted by atomic mass is 10.2. The van der Waals surface area contributed by atoms with Gasteiger partial charge in [0, 0.05) is 17.5 Å². The van der Waals surface area contributed by atoms with Crippen molar-refractivity contribution in [2.45, 2.75) is 13.0 Å². The Morgan fingerprint density at radius 1 is 0.605 bits per heavy atom. The molecule has 4 rings (SSSR count). The fourth-order valence-corrected chi connectivity index (χ4v) is 3.61. The number of amides is 2. The van der Waals surface area contributed by atoms with E-state index in [-0.39, 0.29) is 5.11 Å². The van der Waals surface area contributed by atoms with Crippen LogP contribution in [0.1, 0.15) is 31.8 Å².